The van der Waals surface area contributed by atoms with E-state index < -0.39 is 163 Å². The van der Waals surface area contributed by atoms with Crippen molar-refractivity contribution in [2.75, 3.05) is 37.1 Å². The van der Waals surface area contributed by atoms with Crippen molar-refractivity contribution in [1.29, 1.82) is 0 Å². The summed E-state index contributed by atoms with van der Waals surface area (Å²) >= 11 is 9.65. The van der Waals surface area contributed by atoms with Crippen LogP contribution in [0.25, 0.3) is 0 Å². The number of aryl methyl sites for hydroxylation is 2. The van der Waals surface area contributed by atoms with Crippen LogP contribution in [0, 0.1) is 55.2 Å². The van der Waals surface area contributed by atoms with Crippen molar-refractivity contribution in [3.05, 3.63) is 277 Å². The van der Waals surface area contributed by atoms with Crippen LogP contribution in [-0.4, -0.2) is 227 Å². The minimum Gasteiger partial charge on any atom is -0.455 e. The van der Waals surface area contributed by atoms with Gasteiger partial charge in [0.25, 0.3) is 0 Å². The Kier molecular flexibility index (Phi) is 35.0. The second-order valence-electron chi connectivity index (χ2n) is 33.9. The number of aromatic nitrogens is 15. The van der Waals surface area contributed by atoms with Crippen molar-refractivity contribution in [2.45, 2.75) is 153 Å². The normalized spacial score (nSPS) is 22.0. The molecule has 4 aliphatic rings. The highest BCUT2D eigenvalue weighted by atomic mass is 79.9. The molecule has 14 N–H and O–H groups in total. The number of hydrogen-bond acceptors (Lipinski definition) is 34. The Morgan fingerprint density at radius 2 is 1.04 bits per heavy atom. The summed E-state index contributed by atoms with van der Waals surface area (Å²) in [6.07, 6.45) is 7.86. The second kappa shape index (κ2) is 46.2. The number of rotatable bonds is 36. The van der Waals surface area contributed by atoms with Crippen LogP contribution in [0.15, 0.2) is 180 Å². The zero-order valence-electron chi connectivity index (χ0n) is 74.3. The lowest BCUT2D eigenvalue weighted by molar-refractivity contribution is -0.153. The number of ketones is 3. The SMILES string of the molecule is Cc1cc(Cn2ccc(C(=O)c3cncnc3N[C@@H]3C[C@H](COS(N)(=O)=O)[C@@H](O)[C@@H]3F)c2)on1.Cc1ccc(Cn2ccc(C(=O)c3cncnc3C[C@@H]3C[C@H](COS(N)(=O)=O)[C@@H](O)C3)n2)cc1F.NS(=O)(=O)OC[C@H]1C[C@@H](Cc2ncncc2C(=O)c2ccn(Cc3cc(Br)ccc3Cl)n2)[C@@H](F)[C@@H]1O.NS(=O)(=O)OC[C@H]1C[C@@H](Nc2ncncc2Cc2ccn(Cc3ccc(C(F)(F)F)o3)c2)[C@@H](F)[C@@H]1O. The summed E-state index contributed by atoms with van der Waals surface area (Å²) in [6.45, 7) is 3.07. The van der Waals surface area contributed by atoms with Gasteiger partial charge < -0.3 is 49.1 Å². The van der Waals surface area contributed by atoms with Crippen LogP contribution >= 0.6 is 27.5 Å². The molecule has 0 radical (unpaired) electrons. The fourth-order valence-electron chi connectivity index (χ4n) is 16.6. The van der Waals surface area contributed by atoms with Crippen LogP contribution in [-0.2, 0) is 110 Å². The highest BCUT2D eigenvalue weighted by Gasteiger charge is 2.47. The third kappa shape index (κ3) is 29.8. The summed E-state index contributed by atoms with van der Waals surface area (Å²) in [6, 6.07) is 19.0. The van der Waals surface area contributed by atoms with Gasteiger partial charge in [-0.25, -0.2) is 78.0 Å². The molecule has 10 heterocycles. The number of nitrogens with one attached hydrogen (secondary N) is 2. The molecule has 0 bridgehead atoms. The van der Waals surface area contributed by atoms with Crippen LogP contribution in [0.1, 0.15) is 142 Å². The number of aliphatic hydroxyl groups excluding tert-OH is 4. The number of carbonyl (C=O) groups is 3. The molecule has 16 rings (SSSR count). The van der Waals surface area contributed by atoms with E-state index in [9.17, 15) is 99.2 Å². The lowest BCUT2D eigenvalue weighted by Gasteiger charge is -2.18. The lowest BCUT2D eigenvalue weighted by atomic mass is 9.95. The van der Waals surface area contributed by atoms with Crippen molar-refractivity contribution in [3.63, 3.8) is 0 Å². The number of benzene rings is 2. The summed E-state index contributed by atoms with van der Waals surface area (Å²) in [5, 5.41) is 79.0. The highest BCUT2D eigenvalue weighted by Crippen LogP contribution is 2.40. The topological polar surface area (TPSA) is 622 Å². The van der Waals surface area contributed by atoms with E-state index >= 15 is 0 Å². The van der Waals surface area contributed by atoms with Gasteiger partial charge in [0.15, 0.2) is 11.5 Å². The molecule has 141 heavy (non-hydrogen) atoms. The number of alkyl halides is 6. The van der Waals surface area contributed by atoms with Crippen molar-refractivity contribution in [2.24, 2.45) is 56.1 Å². The Morgan fingerprint density at radius 1 is 0.525 bits per heavy atom. The lowest BCUT2D eigenvalue weighted by Crippen LogP contribution is -2.33. The maximum atomic E-state index is 14.8. The minimum atomic E-state index is -4.56. The van der Waals surface area contributed by atoms with E-state index in [4.69, 9.17) is 41.1 Å². The zero-order valence-corrected chi connectivity index (χ0v) is 80.0. The van der Waals surface area contributed by atoms with E-state index in [1.165, 1.54) is 62.2 Å². The number of halogens is 9. The largest absolute Gasteiger partial charge is 0.455 e. The van der Waals surface area contributed by atoms with Gasteiger partial charge in [0.1, 0.15) is 78.4 Å². The molecule has 2 aromatic carbocycles. The van der Waals surface area contributed by atoms with Crippen LogP contribution < -0.4 is 31.2 Å². The first-order valence-corrected chi connectivity index (χ1v) is 50.0. The standard InChI is InChI=1S/C23H26FN5O5S.C22H22BrClFN5O5S.C21H23F4N5O5S.C20H23FN6O6S/c1-14-2-3-15(7-19(14)24)11-29-5-4-20(28-29)23(31)18-10-26-13-27-21(18)8-16-6-17(22(30)9-16)12-34-35(25,32)33;23-15-1-2-17(24)13(6-15)9-30-4-3-18(29-30)22(32)16-8-27-11-28-19(16)7-12-5-14(21(31)20(12)25)10-35-36(26,33)34;22-18-16(6-14(19(18)31)10-34-36(26,32)33)29-20-13(7-27-11-28-20)5-12-3-4-30(8-12)9-15-1-2-17(35-15)21(23,24)25;1-11-4-14(33-26-11)8-27-3-2-12(7-27)18(28)15-6-23-10-24-20(15)25-16-5-13(19(29)17(16)21)9-32-34(22,30)31/h2-5,7,10,13,16-17,22,30H,6,8-9,11-12H2,1H3,(H2,25,32,33);1-4,6,8,11-12,14,20-21,31H,5,7,9-10H2,(H2,26,33,34);1-4,7-8,11,14,16,18-19,31H,5-6,9-10H2,(H2,26,32,33)(H,27,28,29);2-4,6-7,10,13,16-17,19,29H,5,8-9H2,1H3,(H2,22,30,31)(H,23,24,25)/t16-,17+,22-;12-,14+,20+,21+;14-,16-,18-,19-;13-,16-,17-,19-/m0011/s1. The number of aliphatic hydroxyl groups is 4. The van der Waals surface area contributed by atoms with Gasteiger partial charge in [0, 0.05) is 119 Å². The Labute approximate surface area is 814 Å². The number of nitrogens with zero attached hydrogens (tertiary/aromatic N) is 15. The molecule has 0 aliphatic heterocycles. The predicted octanol–water partition coefficient (Wildman–Crippen LogP) is 6.84. The number of hydrogen-bond donors (Lipinski definition) is 10. The smallest absolute Gasteiger partial charge is 0.449 e. The second-order valence-corrected chi connectivity index (χ2v) is 40.1. The molecular weight excluding hydrogens is 2040 g/mol. The fourth-order valence-corrected chi connectivity index (χ4v) is 18.6. The van der Waals surface area contributed by atoms with Gasteiger partial charge in [-0.3, -0.25) is 40.5 Å². The van der Waals surface area contributed by atoms with E-state index in [0.717, 1.165) is 32.9 Å². The summed E-state index contributed by atoms with van der Waals surface area (Å²) in [7, 11) is -16.8. The predicted molar refractivity (Wildman–Crippen MR) is 487 cm³/mol. The third-order valence-electron chi connectivity index (χ3n) is 23.5. The molecular formula is C86H94BrClF7N21O21S4. The molecule has 4 saturated carbocycles. The molecule has 0 spiro atoms. The quantitative estimate of drug-likeness (QED) is 0.0142. The van der Waals surface area contributed by atoms with Gasteiger partial charge in [-0.15, -0.1) is 0 Å². The molecule has 4 aliphatic carbocycles. The monoisotopic (exact) mass is 2130 g/mol. The van der Waals surface area contributed by atoms with Crippen molar-refractivity contribution < 1.29 is 125 Å². The third-order valence-corrected chi connectivity index (χ3v) is 26.2. The van der Waals surface area contributed by atoms with Crippen LogP contribution in [0.3, 0.4) is 0 Å². The average molecular weight is 2130 g/mol. The van der Waals surface area contributed by atoms with E-state index in [-0.39, 0.29) is 96.4 Å². The van der Waals surface area contributed by atoms with E-state index in [1.54, 1.807) is 105 Å². The Morgan fingerprint density at radius 3 is 1.61 bits per heavy atom. The number of anilines is 2. The molecule has 15 atom stereocenters. The van der Waals surface area contributed by atoms with Crippen LogP contribution in [0.4, 0.5) is 42.4 Å². The van der Waals surface area contributed by atoms with E-state index in [2.05, 4.69) is 98.5 Å². The first kappa shape index (κ1) is 107. The van der Waals surface area contributed by atoms with Gasteiger partial charge in [-0.1, -0.05) is 44.8 Å². The summed E-state index contributed by atoms with van der Waals surface area (Å²) in [5.41, 5.74) is 6.35. The maximum Gasteiger partial charge on any atom is 0.449 e. The van der Waals surface area contributed by atoms with Gasteiger partial charge in [0.05, 0.1) is 123 Å². The van der Waals surface area contributed by atoms with Gasteiger partial charge in [0.2, 0.25) is 17.3 Å². The van der Waals surface area contributed by atoms with Gasteiger partial charge in [-0.05, 0) is 154 Å². The summed E-state index contributed by atoms with van der Waals surface area (Å²) < 4.78 is 220. The molecule has 10 aromatic heterocycles. The molecule has 0 unspecified atom stereocenters. The molecule has 42 nitrogen and oxygen atoms in total. The van der Waals surface area contributed by atoms with Gasteiger partial charge in [-0.2, -0.15) is 57.0 Å². The first-order valence-electron chi connectivity index (χ1n) is 42.9. The number of furan rings is 1. The molecule has 0 amide bonds. The van der Waals surface area contributed by atoms with E-state index in [1.807, 2.05) is 25.1 Å². The zero-order chi connectivity index (χ0) is 102. The van der Waals surface area contributed by atoms with Crippen molar-refractivity contribution in [1.82, 2.24) is 73.7 Å². The average Bonchev–Trinajstić information content (AvgIpc) is 1.69. The molecule has 4 fully saturated rings. The molecule has 756 valence electrons. The molecule has 55 heteroatoms. The summed E-state index contributed by atoms with van der Waals surface area (Å²) in [5.74, 6) is -4.87. The van der Waals surface area contributed by atoms with E-state index in [0.29, 0.717) is 95.6 Å². The Balaban J connectivity index is 0.000000158. The Bertz CT molecular complexity index is 6890. The first-order chi connectivity index (χ1) is 66.6. The molecule has 0 saturated heterocycles. The van der Waals surface area contributed by atoms with Crippen LogP contribution in [0.2, 0.25) is 5.02 Å². The van der Waals surface area contributed by atoms with Crippen molar-refractivity contribution in [3.8, 4) is 0 Å². The van der Waals surface area contributed by atoms with Crippen molar-refractivity contribution >= 4 is 97.7 Å². The fraction of sp³-hybridized carbons (Fsp3) is 0.395. The highest BCUT2D eigenvalue weighted by molar-refractivity contribution is 9.10. The minimum absolute atomic E-state index is 0.0298. The van der Waals surface area contributed by atoms with Crippen LogP contribution in [0.5, 0.6) is 0 Å². The van der Waals surface area contributed by atoms with Gasteiger partial charge >= 0.3 is 47.4 Å². The number of carbonyl (C=O) groups excluding carboxylic acids is 3. The Hall–Kier alpha value is -11.6. The number of nitrogens with two attached hydrogens (primary N) is 4. The summed E-state index contributed by atoms with van der Waals surface area (Å²) in [4.78, 5) is 72.0. The molecule has 12 aromatic rings. The maximum absolute atomic E-state index is 14.8.